The van der Waals surface area contributed by atoms with E-state index >= 15 is 0 Å². The lowest BCUT2D eigenvalue weighted by molar-refractivity contribution is 0.167. The maximum atomic E-state index is 12.1. The van der Waals surface area contributed by atoms with Gasteiger partial charge in [0.2, 0.25) is 5.95 Å². The number of carbonyl (C=O) groups excluding carboxylic acids is 1. The number of aromatic nitrogens is 4. The van der Waals surface area contributed by atoms with Crippen molar-refractivity contribution in [1.82, 2.24) is 20.2 Å². The van der Waals surface area contributed by atoms with E-state index in [0.29, 0.717) is 19.0 Å². The Morgan fingerprint density at radius 3 is 2.76 bits per heavy atom. The Bertz CT molecular complexity index is 1580. The number of imidazole rings is 1. The number of hydrogen-bond acceptors (Lipinski definition) is 5. The molecule has 1 aliphatic carbocycles. The van der Waals surface area contributed by atoms with Crippen LogP contribution >= 0.6 is 0 Å². The minimum absolute atomic E-state index is 0.135. The number of rotatable bonds is 5. The number of amides is 1. The second-order valence-electron chi connectivity index (χ2n) is 8.30. The van der Waals surface area contributed by atoms with E-state index in [1.807, 2.05) is 24.3 Å². The van der Waals surface area contributed by atoms with Gasteiger partial charge in [-0.1, -0.05) is 36.4 Å². The van der Waals surface area contributed by atoms with Gasteiger partial charge in [0.1, 0.15) is 0 Å². The molecule has 8 heteroatoms. The quantitative estimate of drug-likeness (QED) is 0.428. The van der Waals surface area contributed by atoms with Crippen molar-refractivity contribution < 1.29 is 9.53 Å². The fraction of sp³-hybridized carbons (Fsp3) is 0.231. The van der Waals surface area contributed by atoms with Gasteiger partial charge in [-0.15, -0.1) is 0 Å². The number of anilines is 1. The third-order valence-corrected chi connectivity index (χ3v) is 5.96. The number of ether oxygens (including phenoxy) is 1. The van der Waals surface area contributed by atoms with Crippen LogP contribution in [-0.2, 0) is 11.2 Å². The first kappa shape index (κ1) is 21.6. The molecule has 2 aromatic carbocycles. The summed E-state index contributed by atoms with van der Waals surface area (Å²) in [5.41, 5.74) is 6.69. The van der Waals surface area contributed by atoms with E-state index in [1.54, 1.807) is 6.92 Å². The largest absolute Gasteiger partial charge is 0.450 e. The summed E-state index contributed by atoms with van der Waals surface area (Å²) in [6, 6.07) is 12.3. The summed E-state index contributed by atoms with van der Waals surface area (Å²) in [5, 5.41) is 11.3. The maximum Gasteiger partial charge on any atom is 0.413 e. The van der Waals surface area contributed by atoms with Crippen LogP contribution in [0, 0.1) is 6.92 Å². The molecule has 0 saturated carbocycles. The lowest BCUT2D eigenvalue weighted by atomic mass is 9.95. The van der Waals surface area contributed by atoms with Crippen LogP contribution in [0.5, 0.6) is 0 Å². The highest BCUT2D eigenvalue weighted by atomic mass is 16.5. The molecule has 0 aliphatic heterocycles. The molecule has 1 amide bonds. The topological polar surface area (TPSA) is 113 Å². The second kappa shape index (κ2) is 8.97. The number of benzene rings is 2. The molecule has 172 valence electrons. The number of nitrogens with one attached hydrogen (secondary N) is 3. The van der Waals surface area contributed by atoms with Crippen molar-refractivity contribution in [2.75, 3.05) is 11.9 Å². The summed E-state index contributed by atoms with van der Waals surface area (Å²) >= 11 is 0. The van der Waals surface area contributed by atoms with Crippen LogP contribution in [0.2, 0.25) is 0 Å². The Labute approximate surface area is 195 Å². The van der Waals surface area contributed by atoms with Crippen LogP contribution in [0.3, 0.4) is 0 Å². The predicted octanol–water partition coefficient (Wildman–Crippen LogP) is 3.14. The van der Waals surface area contributed by atoms with E-state index in [1.165, 1.54) is 0 Å². The number of carbonyl (C=O) groups is 1. The minimum Gasteiger partial charge on any atom is -0.450 e. The molecule has 0 bridgehead atoms. The van der Waals surface area contributed by atoms with Crippen LogP contribution in [0.15, 0.2) is 41.2 Å². The molecule has 0 saturated heterocycles. The molecule has 8 nitrogen and oxygen atoms in total. The molecule has 2 heterocycles. The van der Waals surface area contributed by atoms with E-state index in [-0.39, 0.29) is 5.56 Å². The molecule has 0 spiro atoms. The highest BCUT2D eigenvalue weighted by Gasteiger charge is 2.12. The smallest absolute Gasteiger partial charge is 0.413 e. The zero-order valence-electron chi connectivity index (χ0n) is 19.1. The van der Waals surface area contributed by atoms with Crippen molar-refractivity contribution in [3.8, 4) is 11.1 Å². The molecule has 0 fully saturated rings. The van der Waals surface area contributed by atoms with Gasteiger partial charge in [-0.05, 0) is 61.1 Å². The fourth-order valence-electron chi connectivity index (χ4n) is 4.32. The normalized spacial score (nSPS) is 12.5. The van der Waals surface area contributed by atoms with E-state index in [9.17, 15) is 9.59 Å². The van der Waals surface area contributed by atoms with Crippen molar-refractivity contribution in [3.05, 3.63) is 74.0 Å². The summed E-state index contributed by atoms with van der Waals surface area (Å²) in [6.45, 7) is 4.12. The van der Waals surface area contributed by atoms with Gasteiger partial charge in [0, 0.05) is 16.9 Å². The Morgan fingerprint density at radius 2 is 1.94 bits per heavy atom. The molecule has 5 rings (SSSR count). The van der Waals surface area contributed by atoms with Gasteiger partial charge in [-0.25, -0.2) is 14.9 Å². The maximum absolute atomic E-state index is 12.1. The van der Waals surface area contributed by atoms with E-state index < -0.39 is 6.09 Å². The van der Waals surface area contributed by atoms with Crippen molar-refractivity contribution in [2.24, 2.45) is 0 Å². The summed E-state index contributed by atoms with van der Waals surface area (Å²) in [7, 11) is 0. The lowest BCUT2D eigenvalue weighted by Crippen LogP contribution is -2.45. The molecular formula is C26H25N5O3. The summed E-state index contributed by atoms with van der Waals surface area (Å²) in [4.78, 5) is 31.4. The Hall–Kier alpha value is -4.20. The van der Waals surface area contributed by atoms with Gasteiger partial charge in [-0.3, -0.25) is 10.1 Å². The van der Waals surface area contributed by atoms with Gasteiger partial charge in [0.05, 0.1) is 23.3 Å². The van der Waals surface area contributed by atoms with Gasteiger partial charge in [-0.2, -0.15) is 5.10 Å². The van der Waals surface area contributed by atoms with E-state index in [0.717, 1.165) is 62.3 Å². The SMILES string of the molecule is CCOC(=O)Nc1nc2ccc(-c3cc(Cc4n[nH]c(=O)c5c4=CCCC=5)ccc3C)cc2[nH]1. The number of fused-ring (bicyclic) bond motifs is 2. The zero-order chi connectivity index (χ0) is 23.7. The molecule has 4 aromatic rings. The lowest BCUT2D eigenvalue weighted by Gasteiger charge is -2.10. The monoisotopic (exact) mass is 455 g/mol. The standard InChI is InChI=1S/C26H25N5O3/c1-3-34-26(33)29-25-27-21-11-10-17(14-23(21)28-25)20-12-16(9-8-15(20)2)13-22-18-6-4-5-7-19(18)24(32)31-30-22/h6-12,14H,3-5,13H2,1-2H3,(H,31,32)(H2,27,28,29,33). The number of aryl methyl sites for hydroxylation is 1. The van der Waals surface area contributed by atoms with Gasteiger partial charge in [0.25, 0.3) is 5.56 Å². The molecule has 1 aliphatic rings. The van der Waals surface area contributed by atoms with Crippen LogP contribution in [-0.4, -0.2) is 32.9 Å². The Kier molecular flexibility index (Phi) is 5.71. The first-order chi connectivity index (χ1) is 16.5. The number of hydrogen-bond donors (Lipinski definition) is 3. The second-order valence-corrected chi connectivity index (χ2v) is 8.30. The Balaban J connectivity index is 1.48. The Morgan fingerprint density at radius 1 is 1.12 bits per heavy atom. The van der Waals surface area contributed by atoms with Crippen LogP contribution in [0.4, 0.5) is 10.7 Å². The first-order valence-corrected chi connectivity index (χ1v) is 11.3. The summed E-state index contributed by atoms with van der Waals surface area (Å²) in [5.74, 6) is 0.345. The molecule has 3 N–H and O–H groups in total. The molecule has 0 radical (unpaired) electrons. The zero-order valence-corrected chi connectivity index (χ0v) is 19.1. The molecule has 34 heavy (non-hydrogen) atoms. The first-order valence-electron chi connectivity index (χ1n) is 11.3. The number of aromatic amines is 2. The highest BCUT2D eigenvalue weighted by Crippen LogP contribution is 2.28. The molecule has 2 aromatic heterocycles. The van der Waals surface area contributed by atoms with Crippen LogP contribution in [0.1, 0.15) is 36.6 Å². The van der Waals surface area contributed by atoms with Gasteiger partial charge < -0.3 is 9.72 Å². The van der Waals surface area contributed by atoms with E-state index in [2.05, 4.69) is 56.7 Å². The number of H-pyrrole nitrogens is 2. The average molecular weight is 456 g/mol. The van der Waals surface area contributed by atoms with Crippen molar-refractivity contribution in [3.63, 3.8) is 0 Å². The third-order valence-electron chi connectivity index (χ3n) is 5.96. The number of nitrogens with zero attached hydrogens (tertiary/aromatic N) is 2. The highest BCUT2D eigenvalue weighted by molar-refractivity contribution is 5.88. The molecule has 0 atom stereocenters. The molecular weight excluding hydrogens is 430 g/mol. The minimum atomic E-state index is -0.543. The van der Waals surface area contributed by atoms with Gasteiger partial charge >= 0.3 is 6.09 Å². The van der Waals surface area contributed by atoms with Crippen molar-refractivity contribution in [1.29, 1.82) is 0 Å². The van der Waals surface area contributed by atoms with Crippen LogP contribution < -0.4 is 21.3 Å². The predicted molar refractivity (Wildman–Crippen MR) is 132 cm³/mol. The summed E-state index contributed by atoms with van der Waals surface area (Å²) < 4.78 is 4.91. The van der Waals surface area contributed by atoms with Crippen LogP contribution in [0.25, 0.3) is 34.3 Å². The fourth-order valence-corrected chi connectivity index (χ4v) is 4.32. The summed E-state index contributed by atoms with van der Waals surface area (Å²) in [6.07, 6.45) is 5.97. The van der Waals surface area contributed by atoms with Crippen molar-refractivity contribution in [2.45, 2.75) is 33.1 Å². The van der Waals surface area contributed by atoms with Gasteiger partial charge in [0.15, 0.2) is 0 Å². The average Bonchev–Trinajstić information content (AvgIpc) is 3.23. The van der Waals surface area contributed by atoms with E-state index in [4.69, 9.17) is 4.74 Å². The third kappa shape index (κ3) is 4.22. The molecule has 0 unspecified atom stereocenters. The van der Waals surface area contributed by atoms with Crippen molar-refractivity contribution >= 4 is 35.2 Å².